The van der Waals surface area contributed by atoms with E-state index in [1.54, 1.807) is 11.1 Å². The summed E-state index contributed by atoms with van der Waals surface area (Å²) in [6.07, 6.45) is 9.73. The molecular weight excluding hydrogens is 984 g/mol. The van der Waals surface area contributed by atoms with Crippen molar-refractivity contribution >= 4 is 78.0 Å². The van der Waals surface area contributed by atoms with Crippen LogP contribution >= 0.6 is 11.3 Å². The van der Waals surface area contributed by atoms with Crippen LogP contribution in [0.5, 0.6) is 0 Å². The summed E-state index contributed by atoms with van der Waals surface area (Å²) in [6.45, 7) is 39.7. The van der Waals surface area contributed by atoms with Crippen LogP contribution < -0.4 is 25.5 Å². The van der Waals surface area contributed by atoms with E-state index in [0.29, 0.717) is 0 Å². The average Bonchev–Trinajstić information content (AvgIpc) is 3.60. The SMILES string of the molecule is CC(C)(C)c1ccc(N2c3cc4c(cc3B3c5sc6cc7c(cc6c5N(c5cc6c(cc5-c5ccccc5)C(C)(C)CCC6(C)C)c5cc(C(C)(C)C)cc2c53)C2(C)CCC7(C)CC2)C(C)(C)CCC4(C)C)c(-c2ccccc2)c1. The van der Waals surface area contributed by atoms with Crippen LogP contribution in [-0.4, -0.2) is 6.71 Å². The molecular formula is C76H85BN2S. The minimum atomic E-state index is -0.164. The van der Waals surface area contributed by atoms with E-state index < -0.39 is 0 Å². The lowest BCUT2D eigenvalue weighted by atomic mass is 9.35. The van der Waals surface area contributed by atoms with E-state index in [1.165, 1.54) is 154 Å². The van der Waals surface area contributed by atoms with Crippen molar-refractivity contribution in [2.24, 2.45) is 0 Å². The predicted molar refractivity (Wildman–Crippen MR) is 348 cm³/mol. The van der Waals surface area contributed by atoms with Crippen molar-refractivity contribution in [3.63, 3.8) is 0 Å². The van der Waals surface area contributed by atoms with E-state index in [9.17, 15) is 0 Å². The van der Waals surface area contributed by atoms with Gasteiger partial charge in [0.1, 0.15) is 0 Å². The molecule has 0 unspecified atom stereocenters. The first kappa shape index (κ1) is 52.3. The van der Waals surface area contributed by atoms with Gasteiger partial charge in [0.25, 0.3) is 6.71 Å². The number of hydrogen-bond acceptors (Lipinski definition) is 3. The highest BCUT2D eigenvalue weighted by Gasteiger charge is 2.52. The van der Waals surface area contributed by atoms with Crippen LogP contribution in [-0.2, 0) is 43.3 Å². The lowest BCUT2D eigenvalue weighted by Crippen LogP contribution is -2.61. The first-order chi connectivity index (χ1) is 37.6. The summed E-state index contributed by atoms with van der Waals surface area (Å²) in [5.41, 5.74) is 28.1. The Hall–Kier alpha value is -5.84. The summed E-state index contributed by atoms with van der Waals surface area (Å²) >= 11 is 2.12. The molecule has 4 heteroatoms. The van der Waals surface area contributed by atoms with Gasteiger partial charge in [-0.25, -0.2) is 0 Å². The molecule has 0 amide bonds. The van der Waals surface area contributed by atoms with E-state index in [4.69, 9.17) is 0 Å². The van der Waals surface area contributed by atoms with Crippen molar-refractivity contribution in [2.45, 2.75) is 205 Å². The molecule has 408 valence electrons. The van der Waals surface area contributed by atoms with Crippen LogP contribution in [0.4, 0.5) is 34.1 Å². The van der Waals surface area contributed by atoms with E-state index in [0.717, 1.165) is 12.8 Å². The Bertz CT molecular complexity index is 3900. The Morgan fingerprint density at radius 3 is 1.39 bits per heavy atom. The maximum Gasteiger partial charge on any atom is 0.264 e. The molecule has 8 aromatic rings. The van der Waals surface area contributed by atoms with Gasteiger partial charge in [0.15, 0.2) is 0 Å². The molecule has 3 heterocycles. The molecule has 1 fully saturated rings. The molecule has 0 radical (unpaired) electrons. The van der Waals surface area contributed by atoms with Crippen LogP contribution in [0.15, 0.2) is 127 Å². The molecule has 0 N–H and O–H groups in total. The third-order valence-electron chi connectivity index (χ3n) is 21.9. The van der Waals surface area contributed by atoms with E-state index in [-0.39, 0.29) is 50.0 Å². The van der Waals surface area contributed by atoms with Crippen molar-refractivity contribution in [2.75, 3.05) is 9.80 Å². The van der Waals surface area contributed by atoms with E-state index in [2.05, 4.69) is 259 Å². The fraction of sp³-hybridized carbons (Fsp3) is 0.421. The largest absolute Gasteiger partial charge is 0.311 e. The lowest BCUT2D eigenvalue weighted by Gasteiger charge is -2.52. The Balaban J connectivity index is 1.18. The Morgan fingerprint density at radius 1 is 0.400 bits per heavy atom. The van der Waals surface area contributed by atoms with Crippen LogP contribution in [0.2, 0.25) is 0 Å². The fourth-order valence-electron chi connectivity index (χ4n) is 16.1. The first-order valence-electron chi connectivity index (χ1n) is 30.6. The monoisotopic (exact) mass is 1070 g/mol. The standard InChI is InChI=1S/C76H85BN2S/c1-69(2,3)48-27-28-60(50(37-48)46-23-19-17-20-24-46)78-62-44-56-54(72(9,10)30-32-74(56,13)14)42-59(62)77-66-63(78)38-49(70(4,5)6)39-64(66)79(67-52-41-57-58(45-65(52)80-68(67)77)76(16)35-33-75(57,15)34-36-76)61-43-55-53(71(7,8)29-31-73(55,11)12)40-51(61)47-25-21-18-22-26-47/h17-28,37-45H,29-36H2,1-16H3. The van der Waals surface area contributed by atoms with Gasteiger partial charge in [0, 0.05) is 43.1 Å². The smallest absolute Gasteiger partial charge is 0.264 e. The molecule has 15 rings (SSSR count). The summed E-state index contributed by atoms with van der Waals surface area (Å²) in [4.78, 5) is 5.64. The molecule has 5 aliphatic carbocycles. The van der Waals surface area contributed by atoms with Gasteiger partial charge in [-0.15, -0.1) is 11.3 Å². The van der Waals surface area contributed by atoms with Crippen LogP contribution in [0.1, 0.15) is 207 Å². The highest BCUT2D eigenvalue weighted by atomic mass is 32.1. The Labute approximate surface area is 484 Å². The number of anilines is 6. The second-order valence-electron chi connectivity index (χ2n) is 31.2. The molecule has 7 aliphatic rings. The average molecular weight is 1070 g/mol. The second-order valence-corrected chi connectivity index (χ2v) is 32.3. The minimum absolute atomic E-state index is 0.00415. The molecule has 2 nitrogen and oxygen atoms in total. The van der Waals surface area contributed by atoms with Crippen molar-refractivity contribution in [3.05, 3.63) is 172 Å². The zero-order chi connectivity index (χ0) is 56.2. The molecule has 80 heavy (non-hydrogen) atoms. The van der Waals surface area contributed by atoms with Crippen molar-refractivity contribution in [3.8, 4) is 22.3 Å². The topological polar surface area (TPSA) is 6.48 Å². The van der Waals surface area contributed by atoms with Gasteiger partial charge in [-0.05, 0) is 216 Å². The fourth-order valence-corrected chi connectivity index (χ4v) is 17.4. The van der Waals surface area contributed by atoms with Crippen LogP contribution in [0, 0.1) is 0 Å². The van der Waals surface area contributed by atoms with Gasteiger partial charge in [-0.1, -0.05) is 184 Å². The van der Waals surface area contributed by atoms with Gasteiger partial charge >= 0.3 is 0 Å². The van der Waals surface area contributed by atoms with Gasteiger partial charge in [-0.3, -0.25) is 0 Å². The van der Waals surface area contributed by atoms with Crippen LogP contribution in [0.25, 0.3) is 32.3 Å². The molecule has 2 bridgehead atoms. The number of nitrogens with zero attached hydrogens (tertiary/aromatic N) is 2. The third kappa shape index (κ3) is 7.61. The minimum Gasteiger partial charge on any atom is -0.311 e. The quantitative estimate of drug-likeness (QED) is 0.162. The zero-order valence-corrected chi connectivity index (χ0v) is 52.0. The van der Waals surface area contributed by atoms with Gasteiger partial charge in [0.05, 0.1) is 17.1 Å². The number of fused-ring (bicyclic) bond motifs is 10. The molecule has 2 aliphatic heterocycles. The van der Waals surface area contributed by atoms with E-state index >= 15 is 0 Å². The summed E-state index contributed by atoms with van der Waals surface area (Å²) in [7, 11) is 0. The normalized spacial score (nSPS) is 22.5. The maximum atomic E-state index is 2.87. The molecule has 1 saturated carbocycles. The lowest BCUT2D eigenvalue weighted by molar-refractivity contribution is 0.188. The van der Waals surface area contributed by atoms with Crippen molar-refractivity contribution < 1.29 is 0 Å². The Morgan fingerprint density at radius 2 is 0.863 bits per heavy atom. The van der Waals surface area contributed by atoms with Crippen LogP contribution in [0.3, 0.4) is 0 Å². The predicted octanol–water partition coefficient (Wildman–Crippen LogP) is 19.7. The summed E-state index contributed by atoms with van der Waals surface area (Å²) in [5.74, 6) is 0. The van der Waals surface area contributed by atoms with Gasteiger partial charge in [-0.2, -0.15) is 0 Å². The summed E-state index contributed by atoms with van der Waals surface area (Å²) in [6, 6.07) is 51.8. The molecule has 7 aromatic carbocycles. The number of thiophene rings is 1. The summed E-state index contributed by atoms with van der Waals surface area (Å²) < 4.78 is 2.92. The third-order valence-corrected chi connectivity index (χ3v) is 23.1. The van der Waals surface area contributed by atoms with Crippen molar-refractivity contribution in [1.82, 2.24) is 0 Å². The molecule has 0 atom stereocenters. The van der Waals surface area contributed by atoms with Crippen molar-refractivity contribution in [1.29, 1.82) is 0 Å². The number of benzene rings is 7. The molecule has 1 aromatic heterocycles. The highest BCUT2D eigenvalue weighted by molar-refractivity contribution is 7.33. The molecule has 0 saturated heterocycles. The number of rotatable bonds is 4. The molecule has 0 spiro atoms. The van der Waals surface area contributed by atoms with Gasteiger partial charge in [0.2, 0.25) is 0 Å². The number of hydrogen-bond donors (Lipinski definition) is 0. The van der Waals surface area contributed by atoms with E-state index in [1.807, 2.05) is 0 Å². The highest BCUT2D eigenvalue weighted by Crippen LogP contribution is 2.61. The summed E-state index contributed by atoms with van der Waals surface area (Å²) in [5, 5.41) is 1.43. The van der Waals surface area contributed by atoms with Gasteiger partial charge < -0.3 is 9.80 Å². The maximum absolute atomic E-state index is 2.87. The first-order valence-corrected chi connectivity index (χ1v) is 31.4. The zero-order valence-electron chi connectivity index (χ0n) is 51.2. The second kappa shape index (κ2) is 16.9. The Kier molecular flexibility index (Phi) is 11.0.